The van der Waals surface area contributed by atoms with E-state index in [-0.39, 0.29) is 24.2 Å². The van der Waals surface area contributed by atoms with E-state index in [1.165, 1.54) is 0 Å². The normalized spacial score (nSPS) is 26.5. The molecular weight excluding hydrogens is 285 g/mol. The maximum Gasteiger partial charge on any atom is 0.446 e. The van der Waals surface area contributed by atoms with Crippen molar-refractivity contribution in [3.8, 4) is 6.07 Å². The van der Waals surface area contributed by atoms with Crippen LogP contribution in [0.2, 0.25) is 0 Å². The highest BCUT2D eigenvalue weighted by atomic mass is 31.1. The first-order valence-electron chi connectivity index (χ1n) is 7.68. The van der Waals surface area contributed by atoms with Gasteiger partial charge < -0.3 is 5.11 Å². The number of hydrogen-bond donors (Lipinski definition) is 1. The molecule has 0 radical (unpaired) electrons. The van der Waals surface area contributed by atoms with Crippen molar-refractivity contribution in [1.29, 1.82) is 5.26 Å². The first-order chi connectivity index (χ1) is 9.49. The first-order valence-corrected chi connectivity index (χ1v) is 8.94. The quantitative estimate of drug-likeness (QED) is 0.464. The van der Waals surface area contributed by atoms with Gasteiger partial charge in [0, 0.05) is 24.2 Å². The van der Waals surface area contributed by atoms with E-state index in [1.807, 2.05) is 71.3 Å². The third kappa shape index (κ3) is 2.43. The predicted molar refractivity (Wildman–Crippen MR) is 85.1 cm³/mol. The summed E-state index contributed by atoms with van der Waals surface area (Å²) in [6, 6.07) is 2.23. The molecule has 0 saturated carbocycles. The second-order valence-electron chi connectivity index (χ2n) is 6.90. The van der Waals surface area contributed by atoms with Gasteiger partial charge in [-0.3, -0.25) is 0 Å². The van der Waals surface area contributed by atoms with Crippen LogP contribution in [0.25, 0.3) is 0 Å². The van der Waals surface area contributed by atoms with Gasteiger partial charge in [0.25, 0.3) is 0 Å². The van der Waals surface area contributed by atoms with Gasteiger partial charge in [0.15, 0.2) is 6.07 Å². The minimum absolute atomic E-state index is 0.0753. The predicted octanol–water partition coefficient (Wildman–Crippen LogP) is 2.93. The van der Waals surface area contributed by atoms with Crippen molar-refractivity contribution in [2.45, 2.75) is 90.3 Å². The maximum absolute atomic E-state index is 12.8. The average Bonchev–Trinajstić information content (AvgIpc) is 2.77. The lowest BCUT2D eigenvalue weighted by molar-refractivity contribution is -0.0848. The Morgan fingerprint density at radius 1 is 0.905 bits per heavy atom. The van der Waals surface area contributed by atoms with Crippen molar-refractivity contribution in [3.05, 3.63) is 0 Å². The van der Waals surface area contributed by atoms with Crippen molar-refractivity contribution in [1.82, 2.24) is 9.80 Å². The van der Waals surface area contributed by atoms with Crippen molar-refractivity contribution in [2.24, 2.45) is 0 Å². The van der Waals surface area contributed by atoms with Crippen molar-refractivity contribution < 1.29 is 9.67 Å². The van der Waals surface area contributed by atoms with E-state index in [4.69, 9.17) is 0 Å². The molecule has 0 aromatic carbocycles. The summed E-state index contributed by atoms with van der Waals surface area (Å²) in [5.41, 5.74) is 0. The van der Waals surface area contributed by atoms with Crippen LogP contribution in [0.15, 0.2) is 0 Å². The summed E-state index contributed by atoms with van der Waals surface area (Å²) in [5, 5.41) is 17.3. The smallest absolute Gasteiger partial charge is 0.331 e. The molecular formula is C15H29N3O2P+. The van der Waals surface area contributed by atoms with Crippen LogP contribution >= 0.6 is 7.80 Å². The highest BCUT2D eigenvalue weighted by Gasteiger charge is 3.00. The topological polar surface area (TPSA) is 67.6 Å². The zero-order chi connectivity index (χ0) is 16.7. The molecule has 1 heterocycles. The summed E-state index contributed by atoms with van der Waals surface area (Å²) in [5.74, 6) is 0. The molecule has 1 aliphatic heterocycles. The van der Waals surface area contributed by atoms with Crippen LogP contribution in [0, 0.1) is 11.3 Å². The largest absolute Gasteiger partial charge is 0.446 e. The highest BCUT2D eigenvalue weighted by molar-refractivity contribution is 7.57. The zero-order valence-corrected chi connectivity index (χ0v) is 15.3. The minimum atomic E-state index is -2.08. The third-order valence-electron chi connectivity index (χ3n) is 4.10. The Morgan fingerprint density at radius 2 is 1.19 bits per heavy atom. The molecule has 5 nitrogen and oxygen atoms in total. The Labute approximate surface area is 129 Å². The SMILES string of the molecule is CC(C)N(C(C)C)C1(N(C(C)C)C(C)C)[P+](=O)C1(O)C#N. The van der Waals surface area contributed by atoms with Gasteiger partial charge in [-0.25, -0.2) is 9.80 Å². The van der Waals surface area contributed by atoms with E-state index in [2.05, 4.69) is 0 Å². The van der Waals surface area contributed by atoms with Gasteiger partial charge in [-0.15, -0.1) is 0 Å². The van der Waals surface area contributed by atoms with Crippen LogP contribution in [0.3, 0.4) is 0 Å². The van der Waals surface area contributed by atoms with Gasteiger partial charge in [-0.05, 0) is 55.4 Å². The molecule has 1 saturated heterocycles. The fourth-order valence-electron chi connectivity index (χ4n) is 3.76. The Hall–Kier alpha value is -0.530. The van der Waals surface area contributed by atoms with Crippen molar-refractivity contribution in [2.75, 3.05) is 0 Å². The molecule has 0 aliphatic carbocycles. The lowest BCUT2D eigenvalue weighted by atomic mass is 10.1. The molecule has 120 valence electrons. The zero-order valence-electron chi connectivity index (χ0n) is 14.5. The number of nitriles is 1. The fourth-order valence-corrected chi connectivity index (χ4v) is 6.20. The molecule has 2 atom stereocenters. The van der Waals surface area contributed by atoms with Gasteiger partial charge in [0.1, 0.15) is 0 Å². The molecule has 0 amide bonds. The third-order valence-corrected chi connectivity index (χ3v) is 6.22. The number of rotatable bonds is 6. The molecule has 0 bridgehead atoms. The van der Waals surface area contributed by atoms with E-state index in [1.54, 1.807) is 0 Å². The van der Waals surface area contributed by atoms with E-state index in [9.17, 15) is 14.9 Å². The van der Waals surface area contributed by atoms with Crippen molar-refractivity contribution >= 4 is 7.80 Å². The van der Waals surface area contributed by atoms with Gasteiger partial charge in [-0.1, -0.05) is 4.57 Å². The van der Waals surface area contributed by atoms with Crippen LogP contribution < -0.4 is 0 Å². The van der Waals surface area contributed by atoms with Crippen LogP contribution in [0.5, 0.6) is 0 Å². The lowest BCUT2D eigenvalue weighted by Gasteiger charge is -2.42. The van der Waals surface area contributed by atoms with Crippen LogP contribution in [0.4, 0.5) is 0 Å². The standard InChI is InChI=1S/C15H29N3O2P/c1-10(2)17(11(3)4)15(14(19,9-16)21(15)20)18(12(5)6)13(7)8/h10-13,19H,1-8H3/q+1. The molecule has 1 rings (SSSR count). The second-order valence-corrected chi connectivity index (χ2v) is 8.76. The Bertz CT molecular complexity index is 420. The summed E-state index contributed by atoms with van der Waals surface area (Å²) >= 11 is 0. The molecule has 0 aromatic rings. The van der Waals surface area contributed by atoms with E-state index in [0.717, 1.165) is 0 Å². The van der Waals surface area contributed by atoms with E-state index < -0.39 is 18.5 Å². The second kappa shape index (κ2) is 5.93. The Balaban J connectivity index is 3.55. The molecule has 0 aromatic heterocycles. The fraction of sp³-hybridized carbons (Fsp3) is 0.933. The molecule has 1 N–H and O–H groups in total. The van der Waals surface area contributed by atoms with Gasteiger partial charge >= 0.3 is 18.5 Å². The highest BCUT2D eigenvalue weighted by Crippen LogP contribution is 2.77. The monoisotopic (exact) mass is 314 g/mol. The number of aliphatic hydroxyl groups is 1. The van der Waals surface area contributed by atoms with Gasteiger partial charge in [0.05, 0.1) is 0 Å². The minimum Gasteiger partial charge on any atom is -0.331 e. The molecule has 1 fully saturated rings. The van der Waals surface area contributed by atoms with E-state index in [0.29, 0.717) is 0 Å². The van der Waals surface area contributed by atoms with Crippen LogP contribution in [0.1, 0.15) is 55.4 Å². The molecule has 2 unspecified atom stereocenters. The van der Waals surface area contributed by atoms with Crippen LogP contribution in [-0.2, 0) is 4.57 Å². The van der Waals surface area contributed by atoms with Crippen molar-refractivity contribution in [3.63, 3.8) is 0 Å². The number of hydrogen-bond acceptors (Lipinski definition) is 5. The summed E-state index contributed by atoms with van der Waals surface area (Å²) < 4.78 is 12.8. The summed E-state index contributed by atoms with van der Waals surface area (Å²) in [6.45, 7) is 16.1. The molecule has 1 aliphatic rings. The van der Waals surface area contributed by atoms with Gasteiger partial charge in [-0.2, -0.15) is 5.26 Å². The summed E-state index contributed by atoms with van der Waals surface area (Å²) in [4.78, 5) is 4.07. The summed E-state index contributed by atoms with van der Waals surface area (Å²) in [7, 11) is -2.08. The Kier molecular flexibility index (Phi) is 5.23. The number of nitrogens with zero attached hydrogens (tertiary/aromatic N) is 3. The molecule has 6 heteroatoms. The molecule has 21 heavy (non-hydrogen) atoms. The van der Waals surface area contributed by atoms with Crippen LogP contribution in [-0.4, -0.2) is 49.8 Å². The average molecular weight is 314 g/mol. The van der Waals surface area contributed by atoms with Gasteiger partial charge in [0.2, 0.25) is 0 Å². The molecule has 0 spiro atoms. The maximum atomic E-state index is 12.8. The lowest BCUT2D eigenvalue weighted by Crippen LogP contribution is -2.63. The summed E-state index contributed by atoms with van der Waals surface area (Å²) in [6.07, 6.45) is 0. The Morgan fingerprint density at radius 3 is 1.33 bits per heavy atom. The van der Waals surface area contributed by atoms with E-state index >= 15 is 0 Å². The first kappa shape index (κ1) is 18.5.